The van der Waals surface area contributed by atoms with E-state index in [1.807, 2.05) is 6.08 Å². The molecule has 0 saturated heterocycles. The van der Waals surface area contributed by atoms with E-state index in [-0.39, 0.29) is 0 Å². The van der Waals surface area contributed by atoms with Gasteiger partial charge in [0.2, 0.25) is 0 Å². The maximum atomic E-state index is 9.00. The fourth-order valence-corrected chi connectivity index (χ4v) is 1.02. The third-order valence-corrected chi connectivity index (χ3v) is 1.61. The van der Waals surface area contributed by atoms with Crippen molar-refractivity contribution in [3.63, 3.8) is 0 Å². The average Bonchev–Trinajstić information content (AvgIpc) is 2.00. The van der Waals surface area contributed by atoms with Gasteiger partial charge in [-0.15, -0.1) is 11.6 Å². The summed E-state index contributed by atoms with van der Waals surface area (Å²) in [4.78, 5) is 9.00. The molecular formula is C9H16Cl2O2. The first-order valence-electron chi connectivity index (χ1n) is 4.07. The van der Waals surface area contributed by atoms with Gasteiger partial charge < -0.3 is 5.11 Å². The van der Waals surface area contributed by atoms with Crippen LogP contribution in [0.5, 0.6) is 0 Å². The summed E-state index contributed by atoms with van der Waals surface area (Å²) in [5, 5.41) is 7.42. The van der Waals surface area contributed by atoms with E-state index in [9.17, 15) is 0 Å². The predicted molar refractivity (Wildman–Crippen MR) is 57.4 cm³/mol. The standard InChI is InChI=1S/C7H12Cl2.C2H4O2/c1-7(4-6-9)3-2-5-8;1-2(3)4/h4,6-7H,2-3,5H2,1H3;1H3,(H,3,4). The topological polar surface area (TPSA) is 37.3 Å². The fraction of sp³-hybridized carbons (Fsp3) is 0.667. The summed E-state index contributed by atoms with van der Waals surface area (Å²) in [7, 11) is 0. The van der Waals surface area contributed by atoms with Crippen molar-refractivity contribution < 1.29 is 9.90 Å². The molecule has 1 N–H and O–H groups in total. The van der Waals surface area contributed by atoms with Crippen molar-refractivity contribution in [2.75, 3.05) is 5.88 Å². The maximum Gasteiger partial charge on any atom is 0.300 e. The molecule has 0 heterocycles. The lowest BCUT2D eigenvalue weighted by molar-refractivity contribution is -0.134. The summed E-state index contributed by atoms with van der Waals surface area (Å²) in [6.45, 7) is 3.21. The van der Waals surface area contributed by atoms with Crippen molar-refractivity contribution in [2.45, 2.75) is 26.7 Å². The van der Waals surface area contributed by atoms with Crippen molar-refractivity contribution in [3.05, 3.63) is 11.6 Å². The van der Waals surface area contributed by atoms with Crippen molar-refractivity contribution >= 4 is 29.2 Å². The van der Waals surface area contributed by atoms with Crippen LogP contribution in [-0.4, -0.2) is 17.0 Å². The molecule has 0 rings (SSSR count). The van der Waals surface area contributed by atoms with Crippen LogP contribution >= 0.6 is 23.2 Å². The van der Waals surface area contributed by atoms with Gasteiger partial charge in [0.25, 0.3) is 5.97 Å². The minimum atomic E-state index is -0.833. The summed E-state index contributed by atoms with van der Waals surface area (Å²) in [5.41, 5.74) is 1.57. The summed E-state index contributed by atoms with van der Waals surface area (Å²) in [6.07, 6.45) is 4.19. The van der Waals surface area contributed by atoms with Gasteiger partial charge in [-0.25, -0.2) is 0 Å². The summed E-state index contributed by atoms with van der Waals surface area (Å²) >= 11 is 10.9. The first-order chi connectivity index (χ1) is 6.04. The SMILES string of the molecule is CC(=O)O.CC(C=CCl)CCCCl. The molecule has 1 atom stereocenters. The van der Waals surface area contributed by atoms with E-state index in [1.54, 1.807) is 5.54 Å². The minimum absolute atomic E-state index is 0.571. The Balaban J connectivity index is 0. The van der Waals surface area contributed by atoms with Crippen molar-refractivity contribution in [1.29, 1.82) is 0 Å². The van der Waals surface area contributed by atoms with Crippen LogP contribution in [0.1, 0.15) is 26.7 Å². The Morgan fingerprint density at radius 3 is 2.38 bits per heavy atom. The molecule has 0 saturated carbocycles. The molecular weight excluding hydrogens is 211 g/mol. The van der Waals surface area contributed by atoms with Crippen LogP contribution in [-0.2, 0) is 4.79 Å². The molecule has 0 aromatic heterocycles. The van der Waals surface area contributed by atoms with E-state index < -0.39 is 5.97 Å². The van der Waals surface area contributed by atoms with Crippen molar-refractivity contribution in [3.8, 4) is 0 Å². The van der Waals surface area contributed by atoms with Crippen LogP contribution in [0.25, 0.3) is 0 Å². The van der Waals surface area contributed by atoms with Crippen molar-refractivity contribution in [1.82, 2.24) is 0 Å². The van der Waals surface area contributed by atoms with E-state index in [0.717, 1.165) is 25.6 Å². The van der Waals surface area contributed by atoms with Crippen LogP contribution < -0.4 is 0 Å². The van der Waals surface area contributed by atoms with Gasteiger partial charge in [0.15, 0.2) is 0 Å². The lowest BCUT2D eigenvalue weighted by atomic mass is 10.1. The molecule has 0 spiro atoms. The van der Waals surface area contributed by atoms with Crippen LogP contribution in [0.4, 0.5) is 0 Å². The number of halogens is 2. The van der Waals surface area contributed by atoms with Gasteiger partial charge in [-0.05, 0) is 18.8 Å². The van der Waals surface area contributed by atoms with Gasteiger partial charge in [-0.1, -0.05) is 24.6 Å². The second-order valence-corrected chi connectivity index (χ2v) is 3.28. The Morgan fingerprint density at radius 2 is 2.08 bits per heavy atom. The molecule has 0 aliphatic rings. The largest absolute Gasteiger partial charge is 0.481 e. The molecule has 2 nitrogen and oxygen atoms in total. The lowest BCUT2D eigenvalue weighted by Gasteiger charge is -2.00. The number of hydrogen-bond donors (Lipinski definition) is 1. The van der Waals surface area contributed by atoms with E-state index in [2.05, 4.69) is 6.92 Å². The van der Waals surface area contributed by atoms with Crippen LogP contribution in [0.3, 0.4) is 0 Å². The normalized spacial score (nSPS) is 12.0. The second kappa shape index (κ2) is 11.8. The molecule has 4 heteroatoms. The summed E-state index contributed by atoms with van der Waals surface area (Å²) < 4.78 is 0. The molecule has 0 radical (unpaired) electrons. The highest BCUT2D eigenvalue weighted by atomic mass is 35.5. The third kappa shape index (κ3) is 24.5. The number of alkyl halides is 1. The Hall–Kier alpha value is -0.210. The number of rotatable bonds is 4. The third-order valence-electron chi connectivity index (χ3n) is 1.19. The van der Waals surface area contributed by atoms with Gasteiger partial charge >= 0.3 is 0 Å². The molecule has 1 unspecified atom stereocenters. The highest BCUT2D eigenvalue weighted by Crippen LogP contribution is 2.07. The Kier molecular flexibility index (Phi) is 13.8. The molecule has 13 heavy (non-hydrogen) atoms. The van der Waals surface area contributed by atoms with Gasteiger partial charge in [0.1, 0.15) is 0 Å². The van der Waals surface area contributed by atoms with E-state index >= 15 is 0 Å². The molecule has 0 fully saturated rings. The number of carboxylic acids is 1. The molecule has 0 amide bonds. The van der Waals surface area contributed by atoms with Crippen LogP contribution in [0, 0.1) is 5.92 Å². The van der Waals surface area contributed by atoms with Crippen LogP contribution in [0.15, 0.2) is 11.6 Å². The molecule has 0 aliphatic carbocycles. The smallest absolute Gasteiger partial charge is 0.300 e. The zero-order valence-corrected chi connectivity index (χ0v) is 9.48. The molecule has 0 aliphatic heterocycles. The lowest BCUT2D eigenvalue weighted by Crippen LogP contribution is -1.88. The summed E-state index contributed by atoms with van der Waals surface area (Å²) in [6, 6.07) is 0. The summed E-state index contributed by atoms with van der Waals surface area (Å²) in [5.74, 6) is 0.488. The van der Waals surface area contributed by atoms with E-state index in [4.69, 9.17) is 33.1 Å². The fourth-order valence-electron chi connectivity index (χ4n) is 0.620. The molecule has 78 valence electrons. The number of carbonyl (C=O) groups is 1. The van der Waals surface area contributed by atoms with Gasteiger partial charge in [0.05, 0.1) is 0 Å². The Labute approximate surface area is 89.5 Å². The Morgan fingerprint density at radius 1 is 1.62 bits per heavy atom. The Bertz CT molecular complexity index is 143. The van der Waals surface area contributed by atoms with Gasteiger partial charge in [0, 0.05) is 18.3 Å². The first kappa shape index (κ1) is 15.3. The molecule has 0 aromatic rings. The zero-order chi connectivity index (χ0) is 10.7. The van der Waals surface area contributed by atoms with E-state index in [0.29, 0.717) is 5.92 Å². The van der Waals surface area contributed by atoms with Crippen LogP contribution in [0.2, 0.25) is 0 Å². The highest BCUT2D eigenvalue weighted by Gasteiger charge is 1.93. The molecule has 0 bridgehead atoms. The zero-order valence-electron chi connectivity index (χ0n) is 7.96. The minimum Gasteiger partial charge on any atom is -0.481 e. The monoisotopic (exact) mass is 226 g/mol. The van der Waals surface area contributed by atoms with Gasteiger partial charge in [-0.3, -0.25) is 4.79 Å². The van der Waals surface area contributed by atoms with Gasteiger partial charge in [-0.2, -0.15) is 0 Å². The van der Waals surface area contributed by atoms with E-state index in [1.165, 1.54) is 0 Å². The van der Waals surface area contributed by atoms with Crippen molar-refractivity contribution in [2.24, 2.45) is 5.92 Å². The predicted octanol–water partition coefficient (Wildman–Crippen LogP) is 3.48. The number of carboxylic acid groups (broad SMARTS) is 1. The number of hydrogen-bond acceptors (Lipinski definition) is 1. The average molecular weight is 227 g/mol. The number of allylic oxidation sites excluding steroid dienone is 1. The number of aliphatic carboxylic acids is 1. The second-order valence-electron chi connectivity index (χ2n) is 2.65. The molecule has 0 aromatic carbocycles. The first-order valence-corrected chi connectivity index (χ1v) is 5.04. The highest BCUT2D eigenvalue weighted by molar-refractivity contribution is 6.25. The maximum absolute atomic E-state index is 9.00. The quantitative estimate of drug-likeness (QED) is 0.746.